The van der Waals surface area contributed by atoms with E-state index in [2.05, 4.69) is 9.55 Å². The number of benzene rings is 1. The molecule has 1 aliphatic rings. The molecule has 1 fully saturated rings. The lowest BCUT2D eigenvalue weighted by molar-refractivity contribution is 0.610. The highest BCUT2D eigenvalue weighted by Gasteiger charge is 2.25. The van der Waals surface area contributed by atoms with E-state index in [0.717, 1.165) is 17.9 Å². The fourth-order valence-electron chi connectivity index (χ4n) is 2.18. The third kappa shape index (κ3) is 1.93. The lowest BCUT2D eigenvalue weighted by Gasteiger charge is -2.09. The highest BCUT2D eigenvalue weighted by Crippen LogP contribution is 2.34. The Morgan fingerprint density at radius 3 is 2.94 bits per heavy atom. The summed E-state index contributed by atoms with van der Waals surface area (Å²) >= 11 is 6.13. The molecular formula is C13H14ClFN2. The first-order chi connectivity index (χ1) is 8.16. The Balaban J connectivity index is 2.19. The molecule has 1 aromatic heterocycles. The average molecular weight is 253 g/mol. The Labute approximate surface area is 104 Å². The molecule has 90 valence electrons. The third-order valence-corrected chi connectivity index (χ3v) is 3.45. The number of hydrogen-bond donors (Lipinski definition) is 0. The summed E-state index contributed by atoms with van der Waals surface area (Å²) in [7, 11) is 0. The van der Waals surface area contributed by atoms with E-state index in [1.165, 1.54) is 18.9 Å². The van der Waals surface area contributed by atoms with Gasteiger partial charge in [0.2, 0.25) is 0 Å². The molecule has 0 spiro atoms. The molecule has 0 bridgehead atoms. The lowest BCUT2D eigenvalue weighted by atomic mass is 10.3. The number of aromatic nitrogens is 2. The summed E-state index contributed by atoms with van der Waals surface area (Å²) in [4.78, 5) is 4.35. The van der Waals surface area contributed by atoms with E-state index in [-0.39, 0.29) is 11.2 Å². The predicted molar refractivity (Wildman–Crippen MR) is 66.7 cm³/mol. The molecule has 0 aliphatic heterocycles. The number of alkyl halides is 1. The van der Waals surface area contributed by atoms with E-state index in [1.807, 2.05) is 13.0 Å². The maximum atomic E-state index is 13.7. The molecule has 1 unspecified atom stereocenters. The van der Waals surface area contributed by atoms with Crippen LogP contribution in [0.25, 0.3) is 11.0 Å². The van der Waals surface area contributed by atoms with Crippen molar-refractivity contribution in [3.63, 3.8) is 0 Å². The molecule has 2 nitrogen and oxygen atoms in total. The van der Waals surface area contributed by atoms with E-state index < -0.39 is 0 Å². The van der Waals surface area contributed by atoms with Crippen LogP contribution in [0, 0.1) is 11.7 Å². The van der Waals surface area contributed by atoms with E-state index in [1.54, 1.807) is 6.07 Å². The predicted octanol–water partition coefficient (Wildman–Crippen LogP) is 3.89. The Bertz CT molecular complexity index is 558. The Hall–Kier alpha value is -1.09. The molecule has 1 heterocycles. The molecule has 3 rings (SSSR count). The Morgan fingerprint density at radius 1 is 1.53 bits per heavy atom. The normalized spacial score (nSPS) is 17.6. The second kappa shape index (κ2) is 3.98. The molecule has 1 aliphatic carbocycles. The van der Waals surface area contributed by atoms with Gasteiger partial charge in [-0.25, -0.2) is 9.37 Å². The van der Waals surface area contributed by atoms with Gasteiger partial charge in [0, 0.05) is 6.54 Å². The molecule has 0 saturated heterocycles. The zero-order valence-electron chi connectivity index (χ0n) is 9.66. The molecule has 0 N–H and O–H groups in total. The van der Waals surface area contributed by atoms with Gasteiger partial charge in [-0.2, -0.15) is 0 Å². The van der Waals surface area contributed by atoms with Crippen LogP contribution in [-0.4, -0.2) is 9.55 Å². The number of halogens is 2. The summed E-state index contributed by atoms with van der Waals surface area (Å²) in [5.41, 5.74) is 1.30. The summed E-state index contributed by atoms with van der Waals surface area (Å²) in [6.07, 6.45) is 2.51. The van der Waals surface area contributed by atoms with Gasteiger partial charge in [-0.3, -0.25) is 0 Å². The van der Waals surface area contributed by atoms with E-state index in [0.29, 0.717) is 11.4 Å². The molecule has 1 aromatic carbocycles. The summed E-state index contributed by atoms with van der Waals surface area (Å²) in [6.45, 7) is 2.79. The fourth-order valence-corrected chi connectivity index (χ4v) is 2.35. The van der Waals surface area contributed by atoms with Crippen LogP contribution in [0.3, 0.4) is 0 Å². The van der Waals surface area contributed by atoms with Crippen molar-refractivity contribution in [3.05, 3.63) is 29.8 Å². The highest BCUT2D eigenvalue weighted by atomic mass is 35.5. The molecule has 1 saturated carbocycles. The number of nitrogens with zero attached hydrogens (tertiary/aromatic N) is 2. The summed E-state index contributed by atoms with van der Waals surface area (Å²) in [5.74, 6) is 1.22. The van der Waals surface area contributed by atoms with Crippen LogP contribution in [0.2, 0.25) is 0 Å². The van der Waals surface area contributed by atoms with Crippen LogP contribution in [0.1, 0.15) is 31.0 Å². The van der Waals surface area contributed by atoms with Gasteiger partial charge in [-0.05, 0) is 37.8 Å². The largest absolute Gasteiger partial charge is 0.326 e. The number of rotatable bonds is 3. The fraction of sp³-hybridized carbons (Fsp3) is 0.462. The Morgan fingerprint density at radius 2 is 2.29 bits per heavy atom. The molecule has 0 amide bonds. The van der Waals surface area contributed by atoms with Crippen molar-refractivity contribution in [1.82, 2.24) is 9.55 Å². The zero-order chi connectivity index (χ0) is 12.0. The first-order valence-corrected chi connectivity index (χ1v) is 6.39. The number of imidazole rings is 1. The van der Waals surface area contributed by atoms with Gasteiger partial charge in [0.05, 0.1) is 10.9 Å². The zero-order valence-corrected chi connectivity index (χ0v) is 10.4. The quantitative estimate of drug-likeness (QED) is 0.758. The van der Waals surface area contributed by atoms with Crippen LogP contribution < -0.4 is 0 Å². The van der Waals surface area contributed by atoms with Crippen LogP contribution in [0.5, 0.6) is 0 Å². The maximum Gasteiger partial charge on any atom is 0.151 e. The van der Waals surface area contributed by atoms with Crippen LogP contribution in [-0.2, 0) is 6.54 Å². The Kier molecular flexibility index (Phi) is 2.58. The topological polar surface area (TPSA) is 17.8 Å². The SMILES string of the molecule is CC(Cl)c1nc2c(F)cccc2n1CC1CC1. The second-order valence-electron chi connectivity index (χ2n) is 4.75. The molecule has 1 atom stereocenters. The van der Waals surface area contributed by atoms with E-state index in [9.17, 15) is 4.39 Å². The standard InChI is InChI=1S/C13H14ClFN2/c1-8(14)13-16-12-10(15)3-2-4-11(12)17(13)7-9-5-6-9/h2-4,8-9H,5-7H2,1H3. The maximum absolute atomic E-state index is 13.7. The van der Waals surface area contributed by atoms with E-state index >= 15 is 0 Å². The summed E-state index contributed by atoms with van der Waals surface area (Å²) in [5, 5.41) is -0.194. The van der Waals surface area contributed by atoms with Gasteiger partial charge in [0.25, 0.3) is 0 Å². The van der Waals surface area contributed by atoms with Gasteiger partial charge >= 0.3 is 0 Å². The van der Waals surface area contributed by atoms with Crippen molar-refractivity contribution in [2.75, 3.05) is 0 Å². The minimum Gasteiger partial charge on any atom is -0.326 e. The first-order valence-electron chi connectivity index (χ1n) is 5.95. The molecule has 17 heavy (non-hydrogen) atoms. The molecule has 4 heteroatoms. The number of fused-ring (bicyclic) bond motifs is 1. The van der Waals surface area contributed by atoms with Gasteiger partial charge in [0.15, 0.2) is 5.82 Å². The van der Waals surface area contributed by atoms with Gasteiger partial charge in [-0.15, -0.1) is 11.6 Å². The summed E-state index contributed by atoms with van der Waals surface area (Å²) < 4.78 is 15.8. The van der Waals surface area contributed by atoms with Crippen molar-refractivity contribution in [2.45, 2.75) is 31.7 Å². The highest BCUT2D eigenvalue weighted by molar-refractivity contribution is 6.20. The number of para-hydroxylation sites is 1. The minimum absolute atomic E-state index is 0.194. The van der Waals surface area contributed by atoms with Crippen molar-refractivity contribution in [3.8, 4) is 0 Å². The minimum atomic E-state index is -0.268. The van der Waals surface area contributed by atoms with E-state index in [4.69, 9.17) is 11.6 Å². The first kappa shape index (κ1) is 11.0. The molecule has 2 aromatic rings. The summed E-state index contributed by atoms with van der Waals surface area (Å²) in [6, 6.07) is 5.08. The number of hydrogen-bond acceptors (Lipinski definition) is 1. The second-order valence-corrected chi connectivity index (χ2v) is 5.40. The van der Waals surface area contributed by atoms with Gasteiger partial charge in [0.1, 0.15) is 11.3 Å². The van der Waals surface area contributed by atoms with Crippen molar-refractivity contribution in [1.29, 1.82) is 0 Å². The smallest absolute Gasteiger partial charge is 0.151 e. The van der Waals surface area contributed by atoms with Crippen LogP contribution in [0.4, 0.5) is 4.39 Å². The van der Waals surface area contributed by atoms with Crippen molar-refractivity contribution < 1.29 is 4.39 Å². The van der Waals surface area contributed by atoms with Gasteiger partial charge in [-0.1, -0.05) is 6.07 Å². The third-order valence-electron chi connectivity index (χ3n) is 3.25. The lowest BCUT2D eigenvalue weighted by Crippen LogP contribution is -2.05. The van der Waals surface area contributed by atoms with Crippen LogP contribution >= 0.6 is 11.6 Å². The van der Waals surface area contributed by atoms with Gasteiger partial charge < -0.3 is 4.57 Å². The van der Waals surface area contributed by atoms with Crippen molar-refractivity contribution >= 4 is 22.6 Å². The van der Waals surface area contributed by atoms with Crippen LogP contribution in [0.15, 0.2) is 18.2 Å². The molecular weight excluding hydrogens is 239 g/mol. The monoisotopic (exact) mass is 252 g/mol. The molecule has 0 radical (unpaired) electrons. The van der Waals surface area contributed by atoms with Crippen molar-refractivity contribution in [2.24, 2.45) is 5.92 Å². The average Bonchev–Trinajstić information content (AvgIpc) is 3.01.